The molecule has 0 aliphatic carbocycles. The van der Waals surface area contributed by atoms with Crippen molar-refractivity contribution in [3.63, 3.8) is 0 Å². The molecule has 5 rings (SSSR count). The van der Waals surface area contributed by atoms with Crippen LogP contribution >= 0.6 is 0 Å². The topological polar surface area (TPSA) is 117 Å². The van der Waals surface area contributed by atoms with Crippen LogP contribution in [0.15, 0.2) is 66.7 Å². The minimum absolute atomic E-state index is 0.176. The lowest BCUT2D eigenvalue weighted by Crippen LogP contribution is -2.49. The van der Waals surface area contributed by atoms with Gasteiger partial charge in [0.05, 0.1) is 12.4 Å². The molecule has 3 N–H and O–H groups in total. The summed E-state index contributed by atoms with van der Waals surface area (Å²) < 4.78 is 51.8. The van der Waals surface area contributed by atoms with Crippen LogP contribution in [-0.2, 0) is 10.1 Å². The number of phenols is 2. The Morgan fingerprint density at radius 3 is 2.33 bits per heavy atom. The third-order valence-electron chi connectivity index (χ3n) is 6.91. The summed E-state index contributed by atoms with van der Waals surface area (Å²) in [5.41, 5.74) is 4.56. The van der Waals surface area contributed by atoms with E-state index < -0.39 is 10.1 Å². The van der Waals surface area contributed by atoms with E-state index in [9.17, 15) is 23.0 Å². The Bertz CT molecular complexity index is 1450. The van der Waals surface area contributed by atoms with E-state index in [2.05, 4.69) is 4.90 Å². The van der Waals surface area contributed by atoms with E-state index in [1.165, 1.54) is 6.92 Å². The van der Waals surface area contributed by atoms with Crippen molar-refractivity contribution in [1.29, 1.82) is 0 Å². The monoisotopic (exact) mass is 571 g/mol. The largest absolute Gasteiger partial charge is 0.508 e. The van der Waals surface area contributed by atoms with Crippen molar-refractivity contribution in [2.75, 3.05) is 38.7 Å². The molecule has 10 heteroatoms. The maximum absolute atomic E-state index is 12.6. The Kier molecular flexibility index (Phi) is 9.34. The molecule has 0 bridgehead atoms. The molecule has 1 atom stereocenters. The van der Waals surface area contributed by atoms with Gasteiger partial charge >= 0.3 is 0 Å². The van der Waals surface area contributed by atoms with Crippen LogP contribution in [0.4, 0.5) is 4.39 Å². The van der Waals surface area contributed by atoms with Crippen LogP contribution in [0.25, 0.3) is 11.1 Å². The molecule has 0 unspecified atom stereocenters. The summed E-state index contributed by atoms with van der Waals surface area (Å²) in [5, 5.41) is 20.1. The van der Waals surface area contributed by atoms with Gasteiger partial charge in [0.25, 0.3) is 10.1 Å². The number of aromatic hydroxyl groups is 2. The van der Waals surface area contributed by atoms with Crippen LogP contribution in [0.5, 0.6) is 23.0 Å². The van der Waals surface area contributed by atoms with Crippen LogP contribution in [0, 0.1) is 5.92 Å². The molecule has 0 saturated carbocycles. The lowest BCUT2D eigenvalue weighted by Gasteiger charge is -2.37. The zero-order chi connectivity index (χ0) is 28.9. The fourth-order valence-corrected chi connectivity index (χ4v) is 4.71. The summed E-state index contributed by atoms with van der Waals surface area (Å²) >= 11 is 0. The highest BCUT2D eigenvalue weighted by atomic mass is 32.2. The number of nitrogens with zero attached hydrogens (tertiary/aromatic N) is 1. The van der Waals surface area contributed by atoms with E-state index >= 15 is 0 Å². The van der Waals surface area contributed by atoms with Crippen LogP contribution < -0.4 is 9.47 Å². The van der Waals surface area contributed by atoms with Crippen molar-refractivity contribution < 1.29 is 37.0 Å². The number of ether oxygens (including phenoxy) is 2. The lowest BCUT2D eigenvalue weighted by molar-refractivity contribution is 0.0668. The summed E-state index contributed by atoms with van der Waals surface area (Å²) in [6.07, 6.45) is -0.383. The second-order valence-corrected chi connectivity index (χ2v) is 11.6. The number of phenolic OH excluding ortho intramolecular Hbond substituents is 2. The molecule has 3 aromatic rings. The fraction of sp³-hybridized carbons (Fsp3) is 0.333. The first-order chi connectivity index (χ1) is 19.1. The number of allylic oxidation sites excluding steroid dienone is 1. The number of rotatable bonds is 8. The Labute approximate surface area is 234 Å². The smallest absolute Gasteiger partial charge is 0.264 e. The molecule has 214 valence electrons. The first-order valence-electron chi connectivity index (χ1n) is 13.0. The van der Waals surface area contributed by atoms with Crippen molar-refractivity contribution in [2.24, 2.45) is 5.92 Å². The SMILES string of the molecule is CC1=C(c2cccc(O)c2)[C@H](c2ccc(OCCN3CC(CF)C3)cc2)Oc2ccc(O)cc21.CCS(=O)(=O)O. The zero-order valence-electron chi connectivity index (χ0n) is 22.5. The van der Waals surface area contributed by atoms with Gasteiger partial charge in [-0.15, -0.1) is 0 Å². The molecular weight excluding hydrogens is 537 g/mol. The standard InChI is InChI=1S/C28H28FNO4.C2H6O3S/c1-18-25-14-23(32)7-10-26(25)34-28(27(18)21-3-2-4-22(31)13-21)20-5-8-24(9-6-20)33-12-11-30-16-19(15-29)17-30;1-2-6(3,4)5/h2-10,13-14,19,28,31-32H,11-12,15-17H2,1H3;2H2,1H3,(H,3,4,5)/t28-;/m0./s1. The molecule has 1 fully saturated rings. The van der Waals surface area contributed by atoms with Crippen LogP contribution in [0.1, 0.15) is 36.6 Å². The molecule has 0 radical (unpaired) electrons. The van der Waals surface area contributed by atoms with Gasteiger partial charge in [0, 0.05) is 36.7 Å². The van der Waals surface area contributed by atoms with E-state index in [1.807, 2.05) is 43.3 Å². The van der Waals surface area contributed by atoms with Crippen molar-refractivity contribution in [3.8, 4) is 23.0 Å². The highest BCUT2D eigenvalue weighted by Gasteiger charge is 2.30. The zero-order valence-corrected chi connectivity index (χ0v) is 23.3. The van der Waals surface area contributed by atoms with Gasteiger partial charge in [-0.05, 0) is 73.0 Å². The van der Waals surface area contributed by atoms with Gasteiger partial charge in [0.2, 0.25) is 0 Å². The molecule has 2 heterocycles. The normalized spacial score (nSPS) is 17.2. The van der Waals surface area contributed by atoms with Crippen LogP contribution in [-0.4, -0.2) is 66.8 Å². The number of hydrogen-bond donors (Lipinski definition) is 3. The Hall–Kier alpha value is -3.60. The summed E-state index contributed by atoms with van der Waals surface area (Å²) in [6, 6.07) is 20.1. The number of halogens is 1. The van der Waals surface area contributed by atoms with Crippen LogP contribution in [0.3, 0.4) is 0 Å². The van der Waals surface area contributed by atoms with Crippen molar-refractivity contribution >= 4 is 21.3 Å². The highest BCUT2D eigenvalue weighted by Crippen LogP contribution is 2.47. The minimum Gasteiger partial charge on any atom is -0.508 e. The number of benzene rings is 3. The summed E-state index contributed by atoms with van der Waals surface area (Å²) in [4.78, 5) is 2.19. The van der Waals surface area contributed by atoms with Gasteiger partial charge in [0.15, 0.2) is 0 Å². The third-order valence-corrected chi connectivity index (χ3v) is 7.64. The van der Waals surface area contributed by atoms with Gasteiger partial charge in [-0.3, -0.25) is 13.8 Å². The fourth-order valence-electron chi connectivity index (χ4n) is 4.71. The van der Waals surface area contributed by atoms with Gasteiger partial charge < -0.3 is 19.7 Å². The number of alkyl halides is 1. The summed E-state index contributed by atoms with van der Waals surface area (Å²) in [6.45, 7) is 6.09. The summed E-state index contributed by atoms with van der Waals surface area (Å²) in [5.74, 6) is 1.81. The quantitative estimate of drug-likeness (QED) is 0.311. The molecular formula is C30H34FNO7S. The van der Waals surface area contributed by atoms with Crippen molar-refractivity contribution in [2.45, 2.75) is 20.0 Å². The number of hydrogen-bond acceptors (Lipinski definition) is 7. The predicted octanol–water partition coefficient (Wildman–Crippen LogP) is 5.34. The van der Waals surface area contributed by atoms with E-state index in [-0.39, 0.29) is 35.9 Å². The molecule has 8 nitrogen and oxygen atoms in total. The Morgan fingerprint density at radius 2 is 1.70 bits per heavy atom. The maximum Gasteiger partial charge on any atom is 0.264 e. The van der Waals surface area contributed by atoms with Crippen molar-refractivity contribution in [1.82, 2.24) is 4.90 Å². The number of likely N-dealkylation sites (tertiary alicyclic amines) is 1. The first kappa shape index (κ1) is 29.4. The molecule has 3 aromatic carbocycles. The average Bonchev–Trinajstić information content (AvgIpc) is 2.90. The first-order valence-corrected chi connectivity index (χ1v) is 14.6. The van der Waals surface area contributed by atoms with E-state index in [4.69, 9.17) is 14.0 Å². The Morgan fingerprint density at radius 1 is 1.02 bits per heavy atom. The second-order valence-electron chi connectivity index (χ2n) is 9.84. The maximum atomic E-state index is 12.6. The minimum atomic E-state index is -3.66. The molecule has 0 aromatic heterocycles. The molecule has 1 saturated heterocycles. The van der Waals surface area contributed by atoms with Crippen molar-refractivity contribution in [3.05, 3.63) is 83.4 Å². The lowest BCUT2D eigenvalue weighted by atomic mass is 9.86. The second kappa shape index (κ2) is 12.7. The van der Waals surface area contributed by atoms with E-state index in [1.54, 1.807) is 30.3 Å². The van der Waals surface area contributed by atoms with E-state index in [0.29, 0.717) is 12.4 Å². The molecule has 0 amide bonds. The molecule has 2 aliphatic rings. The third kappa shape index (κ3) is 7.32. The molecule has 0 spiro atoms. The molecule has 2 aliphatic heterocycles. The number of fused-ring (bicyclic) bond motifs is 1. The predicted molar refractivity (Wildman–Crippen MR) is 152 cm³/mol. The highest BCUT2D eigenvalue weighted by molar-refractivity contribution is 7.85. The summed E-state index contributed by atoms with van der Waals surface area (Å²) in [7, 11) is -3.66. The Balaban J connectivity index is 0.000000557. The van der Waals surface area contributed by atoms with Crippen LogP contribution in [0.2, 0.25) is 0 Å². The van der Waals surface area contributed by atoms with Gasteiger partial charge in [-0.2, -0.15) is 8.42 Å². The van der Waals surface area contributed by atoms with Gasteiger partial charge in [0.1, 0.15) is 35.7 Å². The van der Waals surface area contributed by atoms with E-state index in [0.717, 1.165) is 53.2 Å². The average molecular weight is 572 g/mol. The van der Waals surface area contributed by atoms with Gasteiger partial charge in [-0.1, -0.05) is 24.3 Å². The van der Waals surface area contributed by atoms with Gasteiger partial charge in [-0.25, -0.2) is 0 Å². The molecule has 40 heavy (non-hydrogen) atoms.